The van der Waals surface area contributed by atoms with Crippen LogP contribution in [0.2, 0.25) is 0 Å². The van der Waals surface area contributed by atoms with Crippen molar-refractivity contribution in [1.82, 2.24) is 10.3 Å². The number of amides is 1. The number of anilines is 2. The average Bonchev–Trinajstić information content (AvgIpc) is 3.28. The van der Waals surface area contributed by atoms with Gasteiger partial charge in [-0.2, -0.15) is 0 Å². The number of benzene rings is 1. The smallest absolute Gasteiger partial charge is 0.244 e. The summed E-state index contributed by atoms with van der Waals surface area (Å²) >= 11 is 1.70. The van der Waals surface area contributed by atoms with E-state index in [2.05, 4.69) is 15.2 Å². The van der Waals surface area contributed by atoms with Crippen molar-refractivity contribution in [1.29, 1.82) is 0 Å². The third kappa shape index (κ3) is 3.16. The molecule has 2 saturated heterocycles. The number of piperidine rings is 1. The van der Waals surface area contributed by atoms with Crippen LogP contribution in [0.1, 0.15) is 19.3 Å². The van der Waals surface area contributed by atoms with Crippen molar-refractivity contribution in [2.45, 2.75) is 31.3 Å². The van der Waals surface area contributed by atoms with E-state index in [1.807, 2.05) is 46.8 Å². The summed E-state index contributed by atoms with van der Waals surface area (Å²) in [6.07, 6.45) is 4.88. The Bertz CT molecular complexity index is 668. The number of hydrogen-bond donors (Lipinski definition) is 1. The molecule has 0 spiro atoms. The standard InChI is InChI=1S/C18H22N4OS/c23-17-16(8-12-22(17)15-4-2-1-3-5-15)20-14-6-10-21(11-7-14)18-19-9-13-24-18/h1-5,9,13-14,16,20H,6-8,10-12H2/t16-/m0/s1. The summed E-state index contributed by atoms with van der Waals surface area (Å²) in [5, 5.41) is 6.73. The molecule has 2 aromatic rings. The number of carbonyl (C=O) groups is 1. The van der Waals surface area contributed by atoms with E-state index < -0.39 is 0 Å². The van der Waals surface area contributed by atoms with Crippen LogP contribution in [0.5, 0.6) is 0 Å². The maximum Gasteiger partial charge on any atom is 0.244 e. The van der Waals surface area contributed by atoms with E-state index in [4.69, 9.17) is 0 Å². The van der Waals surface area contributed by atoms with Crippen molar-refractivity contribution in [2.75, 3.05) is 29.4 Å². The van der Waals surface area contributed by atoms with Gasteiger partial charge in [-0.3, -0.25) is 4.79 Å². The number of nitrogens with one attached hydrogen (secondary N) is 1. The molecule has 1 atom stereocenters. The molecular formula is C18H22N4OS. The third-order valence-corrected chi connectivity index (χ3v) is 5.73. The van der Waals surface area contributed by atoms with Gasteiger partial charge >= 0.3 is 0 Å². The molecule has 1 amide bonds. The lowest BCUT2D eigenvalue weighted by Gasteiger charge is -2.33. The minimum absolute atomic E-state index is 0.0402. The molecule has 1 aromatic carbocycles. The van der Waals surface area contributed by atoms with Crippen LogP contribution in [-0.2, 0) is 4.79 Å². The van der Waals surface area contributed by atoms with E-state index in [0.29, 0.717) is 6.04 Å². The molecule has 0 aliphatic carbocycles. The molecule has 2 aliphatic rings. The zero-order valence-electron chi connectivity index (χ0n) is 13.6. The number of aromatic nitrogens is 1. The van der Waals surface area contributed by atoms with Crippen LogP contribution in [0.3, 0.4) is 0 Å². The summed E-state index contributed by atoms with van der Waals surface area (Å²) in [5.74, 6) is 0.212. The summed E-state index contributed by atoms with van der Waals surface area (Å²) < 4.78 is 0. The number of carbonyl (C=O) groups excluding carboxylic acids is 1. The van der Waals surface area contributed by atoms with Gasteiger partial charge in [0.2, 0.25) is 5.91 Å². The molecule has 2 aliphatic heterocycles. The third-order valence-electron chi connectivity index (χ3n) is 4.90. The van der Waals surface area contributed by atoms with Crippen molar-refractivity contribution in [3.8, 4) is 0 Å². The Balaban J connectivity index is 1.32. The molecule has 4 rings (SSSR count). The van der Waals surface area contributed by atoms with E-state index in [0.717, 1.165) is 49.7 Å². The summed E-state index contributed by atoms with van der Waals surface area (Å²) in [7, 11) is 0. The van der Waals surface area contributed by atoms with Crippen LogP contribution >= 0.6 is 11.3 Å². The van der Waals surface area contributed by atoms with Crippen LogP contribution in [-0.4, -0.2) is 42.6 Å². The molecule has 2 fully saturated rings. The molecule has 0 saturated carbocycles. The fourth-order valence-corrected chi connectivity index (χ4v) is 4.29. The Kier molecular flexibility index (Phi) is 4.49. The first-order valence-electron chi connectivity index (χ1n) is 8.58. The van der Waals surface area contributed by atoms with Gasteiger partial charge in [0.15, 0.2) is 5.13 Å². The largest absolute Gasteiger partial charge is 0.348 e. The molecule has 3 heterocycles. The number of rotatable bonds is 4. The Morgan fingerprint density at radius 2 is 1.88 bits per heavy atom. The predicted molar refractivity (Wildman–Crippen MR) is 97.7 cm³/mol. The molecule has 0 unspecified atom stereocenters. The number of thiazole rings is 1. The second-order valence-electron chi connectivity index (χ2n) is 6.41. The van der Waals surface area contributed by atoms with Crippen molar-refractivity contribution in [3.63, 3.8) is 0 Å². The van der Waals surface area contributed by atoms with Gasteiger partial charge in [-0.1, -0.05) is 18.2 Å². The summed E-state index contributed by atoms with van der Waals surface area (Å²) in [4.78, 5) is 21.3. The van der Waals surface area contributed by atoms with Gasteiger partial charge in [0, 0.05) is 42.9 Å². The highest BCUT2D eigenvalue weighted by Crippen LogP contribution is 2.24. The lowest BCUT2D eigenvalue weighted by molar-refractivity contribution is -0.119. The molecule has 24 heavy (non-hydrogen) atoms. The first-order chi connectivity index (χ1) is 11.8. The fourth-order valence-electron chi connectivity index (χ4n) is 3.59. The zero-order valence-corrected chi connectivity index (χ0v) is 14.4. The van der Waals surface area contributed by atoms with Gasteiger partial charge in [-0.25, -0.2) is 4.98 Å². The SMILES string of the molecule is O=C1[C@@H](NC2CCN(c3nccs3)CC2)CCN1c1ccccc1. The highest BCUT2D eigenvalue weighted by Gasteiger charge is 2.34. The quantitative estimate of drug-likeness (QED) is 0.927. The Morgan fingerprint density at radius 3 is 2.58 bits per heavy atom. The van der Waals surface area contributed by atoms with Crippen LogP contribution in [0.15, 0.2) is 41.9 Å². The first kappa shape index (κ1) is 15.6. The van der Waals surface area contributed by atoms with E-state index >= 15 is 0 Å². The van der Waals surface area contributed by atoms with E-state index in [1.165, 1.54) is 0 Å². The second-order valence-corrected chi connectivity index (χ2v) is 7.28. The van der Waals surface area contributed by atoms with E-state index in [9.17, 15) is 4.79 Å². The lowest BCUT2D eigenvalue weighted by atomic mass is 10.0. The van der Waals surface area contributed by atoms with E-state index in [-0.39, 0.29) is 11.9 Å². The zero-order chi connectivity index (χ0) is 16.4. The molecule has 1 N–H and O–H groups in total. The Hall–Kier alpha value is -1.92. The Labute approximate surface area is 146 Å². The lowest BCUT2D eigenvalue weighted by Crippen LogP contribution is -2.48. The van der Waals surface area contributed by atoms with Crippen LogP contribution < -0.4 is 15.1 Å². The fraction of sp³-hybridized carbons (Fsp3) is 0.444. The average molecular weight is 342 g/mol. The Morgan fingerprint density at radius 1 is 1.08 bits per heavy atom. The highest BCUT2D eigenvalue weighted by atomic mass is 32.1. The van der Waals surface area contributed by atoms with Crippen molar-refractivity contribution in [3.05, 3.63) is 41.9 Å². The topological polar surface area (TPSA) is 48.5 Å². The molecule has 0 radical (unpaired) electrons. The van der Waals surface area contributed by atoms with Crippen molar-refractivity contribution in [2.24, 2.45) is 0 Å². The maximum atomic E-state index is 12.7. The van der Waals surface area contributed by atoms with Gasteiger partial charge in [-0.05, 0) is 31.4 Å². The molecule has 1 aromatic heterocycles. The minimum atomic E-state index is -0.0402. The minimum Gasteiger partial charge on any atom is -0.348 e. The van der Waals surface area contributed by atoms with Gasteiger partial charge in [0.05, 0.1) is 6.04 Å². The van der Waals surface area contributed by atoms with Crippen LogP contribution in [0, 0.1) is 0 Å². The van der Waals surface area contributed by atoms with Gasteiger partial charge < -0.3 is 15.1 Å². The molecule has 126 valence electrons. The number of nitrogens with zero attached hydrogens (tertiary/aromatic N) is 3. The number of hydrogen-bond acceptors (Lipinski definition) is 5. The van der Waals surface area contributed by atoms with Crippen LogP contribution in [0.25, 0.3) is 0 Å². The second kappa shape index (κ2) is 6.91. The molecule has 0 bridgehead atoms. The van der Waals surface area contributed by atoms with E-state index in [1.54, 1.807) is 11.3 Å². The van der Waals surface area contributed by atoms with Crippen molar-refractivity contribution < 1.29 is 4.79 Å². The summed E-state index contributed by atoms with van der Waals surface area (Å²) in [6.45, 7) is 2.82. The van der Waals surface area contributed by atoms with Crippen LogP contribution in [0.4, 0.5) is 10.8 Å². The highest BCUT2D eigenvalue weighted by molar-refractivity contribution is 7.13. The monoisotopic (exact) mass is 342 g/mol. The summed E-state index contributed by atoms with van der Waals surface area (Å²) in [5.41, 5.74) is 1.00. The predicted octanol–water partition coefficient (Wildman–Crippen LogP) is 2.51. The maximum absolute atomic E-state index is 12.7. The first-order valence-corrected chi connectivity index (χ1v) is 9.46. The molecule has 5 nitrogen and oxygen atoms in total. The molecular weight excluding hydrogens is 320 g/mol. The van der Waals surface area contributed by atoms with Gasteiger partial charge in [0.25, 0.3) is 0 Å². The van der Waals surface area contributed by atoms with Crippen molar-refractivity contribution >= 4 is 28.1 Å². The van der Waals surface area contributed by atoms with Gasteiger partial charge in [0.1, 0.15) is 0 Å². The number of para-hydroxylation sites is 1. The molecule has 6 heteroatoms. The summed E-state index contributed by atoms with van der Waals surface area (Å²) in [6, 6.07) is 10.3. The normalized spacial score (nSPS) is 22.3. The van der Waals surface area contributed by atoms with Gasteiger partial charge in [-0.15, -0.1) is 11.3 Å².